The first-order valence-corrected chi connectivity index (χ1v) is 7.56. The molecule has 2 atom stereocenters. The predicted octanol–water partition coefficient (Wildman–Crippen LogP) is 4.44. The Morgan fingerprint density at radius 1 is 0.947 bits per heavy atom. The van der Waals surface area contributed by atoms with E-state index >= 15 is 0 Å². The third-order valence-electron chi connectivity index (χ3n) is 3.71. The monoisotopic (exact) mass is 264 g/mol. The van der Waals surface area contributed by atoms with E-state index in [1.54, 1.807) is 0 Å². The van der Waals surface area contributed by atoms with E-state index in [4.69, 9.17) is 0 Å². The van der Waals surface area contributed by atoms with Gasteiger partial charge >= 0.3 is 0 Å². The predicted molar refractivity (Wildman–Crippen MR) is 80.1 cm³/mol. The van der Waals surface area contributed by atoms with Crippen molar-refractivity contribution in [2.24, 2.45) is 0 Å². The quantitative estimate of drug-likeness (QED) is 0.728. The molecule has 2 N–H and O–H groups in total. The maximum Gasteiger partial charge on any atom is 0.0792 e. The Kier molecular flexibility index (Phi) is 7.11. The van der Waals surface area contributed by atoms with Gasteiger partial charge < -0.3 is 10.2 Å². The molecule has 0 aliphatic carbocycles. The van der Waals surface area contributed by atoms with Crippen LogP contribution in [0.5, 0.6) is 0 Å². The van der Waals surface area contributed by atoms with Gasteiger partial charge in [0.25, 0.3) is 0 Å². The average Bonchev–Trinajstić information content (AvgIpc) is 2.42. The van der Waals surface area contributed by atoms with Crippen LogP contribution in [0.3, 0.4) is 0 Å². The average molecular weight is 264 g/mol. The van der Waals surface area contributed by atoms with Crippen LogP contribution >= 0.6 is 0 Å². The molecule has 2 nitrogen and oxygen atoms in total. The van der Waals surface area contributed by atoms with Gasteiger partial charge in [0.05, 0.1) is 12.2 Å². The molecule has 0 aromatic heterocycles. The molecule has 19 heavy (non-hydrogen) atoms. The molecule has 0 aliphatic heterocycles. The Bertz CT molecular complexity index is 374. The lowest BCUT2D eigenvalue weighted by molar-refractivity contribution is 0.157. The topological polar surface area (TPSA) is 40.5 Å². The van der Waals surface area contributed by atoms with Gasteiger partial charge in [-0.05, 0) is 36.5 Å². The molecule has 1 rings (SSSR count). The molecule has 1 aromatic carbocycles. The van der Waals surface area contributed by atoms with Crippen molar-refractivity contribution in [1.29, 1.82) is 0 Å². The van der Waals surface area contributed by atoms with Crippen LogP contribution < -0.4 is 0 Å². The fourth-order valence-electron chi connectivity index (χ4n) is 2.34. The maximum atomic E-state index is 10.2. The van der Waals surface area contributed by atoms with Crippen LogP contribution in [0.1, 0.15) is 81.3 Å². The minimum absolute atomic E-state index is 0.404. The minimum Gasteiger partial charge on any atom is -0.388 e. The molecule has 0 bridgehead atoms. The highest BCUT2D eigenvalue weighted by atomic mass is 16.3. The molecule has 0 fully saturated rings. The minimum atomic E-state index is -0.405. The molecule has 108 valence electrons. The zero-order valence-electron chi connectivity index (χ0n) is 12.5. The van der Waals surface area contributed by atoms with Crippen molar-refractivity contribution in [2.75, 3.05) is 0 Å². The van der Waals surface area contributed by atoms with E-state index in [1.165, 1.54) is 0 Å². The van der Waals surface area contributed by atoms with Crippen molar-refractivity contribution >= 4 is 0 Å². The summed E-state index contributed by atoms with van der Waals surface area (Å²) in [6.07, 6.45) is 5.03. The second kappa shape index (κ2) is 8.34. The third-order valence-corrected chi connectivity index (χ3v) is 3.71. The van der Waals surface area contributed by atoms with Crippen molar-refractivity contribution in [2.45, 2.75) is 71.5 Å². The van der Waals surface area contributed by atoms with E-state index < -0.39 is 12.2 Å². The Hall–Kier alpha value is -0.860. The van der Waals surface area contributed by atoms with Crippen LogP contribution in [0.2, 0.25) is 0 Å². The van der Waals surface area contributed by atoms with Crippen LogP contribution in [0.25, 0.3) is 0 Å². The smallest absolute Gasteiger partial charge is 0.0792 e. The number of hydrogen-bond acceptors (Lipinski definition) is 2. The molecule has 0 aliphatic rings. The maximum absolute atomic E-state index is 10.2. The summed E-state index contributed by atoms with van der Waals surface area (Å²) in [5.74, 6) is 0. The summed E-state index contributed by atoms with van der Waals surface area (Å²) in [7, 11) is 0. The first-order valence-electron chi connectivity index (χ1n) is 7.56. The highest BCUT2D eigenvalue weighted by molar-refractivity contribution is 5.33. The van der Waals surface area contributed by atoms with Gasteiger partial charge in [0.15, 0.2) is 0 Å². The van der Waals surface area contributed by atoms with Gasteiger partial charge in [0, 0.05) is 0 Å². The largest absolute Gasteiger partial charge is 0.388 e. The van der Waals surface area contributed by atoms with E-state index in [1.807, 2.05) is 25.1 Å². The van der Waals surface area contributed by atoms with E-state index in [9.17, 15) is 10.2 Å². The van der Waals surface area contributed by atoms with Crippen molar-refractivity contribution < 1.29 is 10.2 Å². The van der Waals surface area contributed by atoms with Gasteiger partial charge in [-0.15, -0.1) is 0 Å². The van der Waals surface area contributed by atoms with Gasteiger partial charge in [-0.1, -0.05) is 57.7 Å². The van der Waals surface area contributed by atoms with Crippen molar-refractivity contribution in [1.82, 2.24) is 0 Å². The van der Waals surface area contributed by atoms with E-state index in [0.717, 1.165) is 55.2 Å². The van der Waals surface area contributed by atoms with Gasteiger partial charge in [-0.2, -0.15) is 0 Å². The normalized spacial score (nSPS) is 14.4. The summed E-state index contributed by atoms with van der Waals surface area (Å²) >= 11 is 0. The molecule has 0 radical (unpaired) electrons. The van der Waals surface area contributed by atoms with E-state index in [0.29, 0.717) is 0 Å². The van der Waals surface area contributed by atoms with Gasteiger partial charge in [0.1, 0.15) is 0 Å². The molecule has 2 heteroatoms. The number of hydrogen-bond donors (Lipinski definition) is 2. The fraction of sp³-hybridized carbons (Fsp3) is 0.647. The summed E-state index contributed by atoms with van der Waals surface area (Å²) in [4.78, 5) is 0. The molecule has 0 heterocycles. The second-order valence-electron chi connectivity index (χ2n) is 5.43. The van der Waals surface area contributed by atoms with Crippen LogP contribution in [-0.2, 0) is 0 Å². The summed E-state index contributed by atoms with van der Waals surface area (Å²) in [6, 6.07) is 5.97. The molecular weight excluding hydrogens is 236 g/mol. The van der Waals surface area contributed by atoms with E-state index in [-0.39, 0.29) is 0 Å². The first-order chi connectivity index (χ1) is 9.10. The van der Waals surface area contributed by atoms with Gasteiger partial charge in [-0.25, -0.2) is 0 Å². The first kappa shape index (κ1) is 16.2. The third kappa shape index (κ3) is 4.96. The summed E-state index contributed by atoms with van der Waals surface area (Å²) in [6.45, 7) is 6.28. The molecular formula is C17H28O2. The number of rotatable bonds is 8. The number of aliphatic hydroxyl groups is 2. The number of benzene rings is 1. The molecule has 0 saturated heterocycles. The summed E-state index contributed by atoms with van der Waals surface area (Å²) < 4.78 is 0. The Morgan fingerprint density at radius 2 is 1.53 bits per heavy atom. The lowest BCUT2D eigenvalue weighted by Gasteiger charge is -2.17. The second-order valence-corrected chi connectivity index (χ2v) is 5.43. The lowest BCUT2D eigenvalue weighted by Crippen LogP contribution is -2.04. The molecule has 0 saturated carbocycles. The van der Waals surface area contributed by atoms with E-state index in [2.05, 4.69) is 13.8 Å². The summed E-state index contributed by atoms with van der Waals surface area (Å²) in [5, 5.41) is 20.4. The molecule has 1 aromatic rings. The van der Waals surface area contributed by atoms with Gasteiger partial charge in [-0.3, -0.25) is 0 Å². The standard InChI is InChI=1S/C17H28O2/c1-4-6-8-16(18)14-11-10-13(3)15(12-14)17(19)9-7-5-2/h10-12,16-19H,4-9H2,1-3H3. The van der Waals surface area contributed by atoms with Crippen LogP contribution in [0.4, 0.5) is 0 Å². The number of unbranched alkanes of at least 4 members (excludes halogenated alkanes) is 2. The molecule has 0 amide bonds. The highest BCUT2D eigenvalue weighted by Gasteiger charge is 2.14. The zero-order chi connectivity index (χ0) is 14.3. The van der Waals surface area contributed by atoms with Crippen LogP contribution in [-0.4, -0.2) is 10.2 Å². The van der Waals surface area contributed by atoms with Crippen molar-refractivity contribution in [3.05, 3.63) is 34.9 Å². The summed E-state index contributed by atoms with van der Waals surface area (Å²) in [5.41, 5.74) is 3.01. The van der Waals surface area contributed by atoms with Crippen molar-refractivity contribution in [3.8, 4) is 0 Å². The van der Waals surface area contributed by atoms with Crippen LogP contribution in [0, 0.1) is 6.92 Å². The molecule has 2 unspecified atom stereocenters. The van der Waals surface area contributed by atoms with Crippen molar-refractivity contribution in [3.63, 3.8) is 0 Å². The van der Waals surface area contributed by atoms with Gasteiger partial charge in [0.2, 0.25) is 0 Å². The Morgan fingerprint density at radius 3 is 2.11 bits per heavy atom. The molecule has 0 spiro atoms. The Balaban J connectivity index is 2.81. The zero-order valence-corrected chi connectivity index (χ0v) is 12.5. The van der Waals surface area contributed by atoms with Crippen LogP contribution in [0.15, 0.2) is 18.2 Å². The highest BCUT2D eigenvalue weighted by Crippen LogP contribution is 2.27. The Labute approximate surface area is 117 Å². The fourth-order valence-corrected chi connectivity index (χ4v) is 2.34. The number of aryl methyl sites for hydroxylation is 1. The lowest BCUT2D eigenvalue weighted by atomic mass is 9.94. The number of aliphatic hydroxyl groups excluding tert-OH is 2. The SMILES string of the molecule is CCCCC(O)c1ccc(C)c(C(O)CCCC)c1.